The van der Waals surface area contributed by atoms with E-state index in [0.717, 1.165) is 23.1 Å². The van der Waals surface area contributed by atoms with Gasteiger partial charge < -0.3 is 15.0 Å². The molecule has 0 aromatic heterocycles. The Hall–Kier alpha value is -2.74. The Balaban J connectivity index is 2.01. The lowest BCUT2D eigenvalue weighted by Crippen LogP contribution is -2.38. The van der Waals surface area contributed by atoms with Crippen LogP contribution in [0.25, 0.3) is 0 Å². The number of ether oxygens (including phenoxy) is 1. The van der Waals surface area contributed by atoms with E-state index in [1.807, 2.05) is 55.3 Å². The van der Waals surface area contributed by atoms with E-state index in [9.17, 15) is 8.42 Å². The summed E-state index contributed by atoms with van der Waals surface area (Å²) in [5, 5.41) is 3.28. The van der Waals surface area contributed by atoms with E-state index in [0.29, 0.717) is 31.3 Å². The summed E-state index contributed by atoms with van der Waals surface area (Å²) in [7, 11) is 0.333. The normalized spacial score (nSPS) is 11.8. The van der Waals surface area contributed by atoms with Gasteiger partial charge in [-0.25, -0.2) is 8.42 Å². The van der Waals surface area contributed by atoms with Gasteiger partial charge in [-0.1, -0.05) is 30.3 Å². The van der Waals surface area contributed by atoms with Gasteiger partial charge >= 0.3 is 0 Å². The fourth-order valence-electron chi connectivity index (χ4n) is 2.74. The van der Waals surface area contributed by atoms with Crippen molar-refractivity contribution in [2.24, 2.45) is 4.99 Å². The van der Waals surface area contributed by atoms with Crippen molar-refractivity contribution in [3.63, 3.8) is 0 Å². The van der Waals surface area contributed by atoms with E-state index in [4.69, 9.17) is 4.74 Å². The second kappa shape index (κ2) is 9.98. The number of para-hydroxylation sites is 1. The molecule has 0 amide bonds. The molecule has 0 fully saturated rings. The highest BCUT2D eigenvalue weighted by Gasteiger charge is 2.10. The lowest BCUT2D eigenvalue weighted by atomic mass is 10.2. The maximum Gasteiger partial charge on any atom is 0.229 e. The van der Waals surface area contributed by atoms with Crippen molar-refractivity contribution < 1.29 is 13.2 Å². The standard InChI is InChI=1S/C20H28N4O3S/c1-5-27-18-12-10-16(11-13-18)15-24(3)20(21-2)22-14-17-8-6-7-9-19(17)23-28(4,25)26/h6-13,23H,5,14-15H2,1-4H3,(H,21,22). The number of rotatable bonds is 8. The van der Waals surface area contributed by atoms with Crippen LogP contribution in [0.5, 0.6) is 5.75 Å². The summed E-state index contributed by atoms with van der Waals surface area (Å²) in [4.78, 5) is 6.32. The van der Waals surface area contributed by atoms with Gasteiger partial charge in [-0.05, 0) is 36.2 Å². The Morgan fingerprint density at radius 1 is 1.14 bits per heavy atom. The zero-order valence-electron chi connectivity index (χ0n) is 16.8. The minimum Gasteiger partial charge on any atom is -0.494 e. The molecule has 2 N–H and O–H groups in total. The molecule has 28 heavy (non-hydrogen) atoms. The molecule has 0 aliphatic carbocycles. The third kappa shape index (κ3) is 6.77. The lowest BCUT2D eigenvalue weighted by molar-refractivity contribution is 0.340. The van der Waals surface area contributed by atoms with Crippen molar-refractivity contribution in [2.45, 2.75) is 20.0 Å². The van der Waals surface area contributed by atoms with E-state index < -0.39 is 10.0 Å². The number of hydrogen-bond acceptors (Lipinski definition) is 4. The van der Waals surface area contributed by atoms with Gasteiger partial charge in [0.2, 0.25) is 10.0 Å². The number of nitrogens with one attached hydrogen (secondary N) is 2. The monoisotopic (exact) mass is 404 g/mol. The molecule has 0 aliphatic heterocycles. The van der Waals surface area contributed by atoms with Crippen molar-refractivity contribution in [1.82, 2.24) is 10.2 Å². The minimum absolute atomic E-state index is 0.443. The molecule has 152 valence electrons. The van der Waals surface area contributed by atoms with Crippen LogP contribution in [0.1, 0.15) is 18.1 Å². The summed E-state index contributed by atoms with van der Waals surface area (Å²) in [5.74, 6) is 1.56. The zero-order valence-corrected chi connectivity index (χ0v) is 17.6. The van der Waals surface area contributed by atoms with Gasteiger partial charge in [0.1, 0.15) is 5.75 Å². The van der Waals surface area contributed by atoms with Crippen LogP contribution in [0.4, 0.5) is 5.69 Å². The summed E-state index contributed by atoms with van der Waals surface area (Å²) in [6, 6.07) is 15.2. The molecule has 2 rings (SSSR count). The van der Waals surface area contributed by atoms with Gasteiger partial charge in [-0.15, -0.1) is 0 Å². The van der Waals surface area contributed by atoms with E-state index >= 15 is 0 Å². The summed E-state index contributed by atoms with van der Waals surface area (Å²) >= 11 is 0. The Labute approximate surface area is 167 Å². The van der Waals surface area contributed by atoms with Crippen molar-refractivity contribution in [3.05, 3.63) is 59.7 Å². The fraction of sp³-hybridized carbons (Fsp3) is 0.350. The Kier molecular flexibility index (Phi) is 7.69. The van der Waals surface area contributed by atoms with Gasteiger partial charge in [0.05, 0.1) is 18.6 Å². The first kappa shape index (κ1) is 21.6. The molecule has 2 aromatic carbocycles. The molecule has 0 atom stereocenters. The molecule has 7 nitrogen and oxygen atoms in total. The van der Waals surface area contributed by atoms with Crippen LogP contribution < -0.4 is 14.8 Å². The molecule has 2 aromatic rings. The van der Waals surface area contributed by atoms with Crippen LogP contribution in [0.2, 0.25) is 0 Å². The molecule has 0 bridgehead atoms. The van der Waals surface area contributed by atoms with E-state index in [2.05, 4.69) is 15.0 Å². The van der Waals surface area contributed by atoms with Crippen LogP contribution in [0, 0.1) is 0 Å². The Bertz CT molecular complexity index is 896. The summed E-state index contributed by atoms with van der Waals surface area (Å²) < 4.78 is 31.1. The highest BCUT2D eigenvalue weighted by Crippen LogP contribution is 2.16. The van der Waals surface area contributed by atoms with Crippen LogP contribution >= 0.6 is 0 Å². The molecular weight excluding hydrogens is 376 g/mol. The smallest absolute Gasteiger partial charge is 0.229 e. The molecule has 0 saturated heterocycles. The Morgan fingerprint density at radius 3 is 2.43 bits per heavy atom. The summed E-state index contributed by atoms with van der Waals surface area (Å²) in [6.07, 6.45) is 1.14. The van der Waals surface area contributed by atoms with Crippen LogP contribution in [-0.2, 0) is 23.1 Å². The SMILES string of the molecule is CCOc1ccc(CN(C)C(=NC)NCc2ccccc2NS(C)(=O)=O)cc1. The molecule has 0 unspecified atom stereocenters. The number of sulfonamides is 1. The number of nitrogens with zero attached hydrogens (tertiary/aromatic N) is 2. The van der Waals surface area contributed by atoms with Crippen LogP contribution in [0.15, 0.2) is 53.5 Å². The first-order chi connectivity index (χ1) is 13.3. The molecule has 0 heterocycles. The zero-order chi connectivity index (χ0) is 20.6. The van der Waals surface area contributed by atoms with Gasteiger partial charge in [-0.2, -0.15) is 0 Å². The first-order valence-electron chi connectivity index (χ1n) is 9.01. The van der Waals surface area contributed by atoms with Crippen molar-refractivity contribution >= 4 is 21.7 Å². The quantitative estimate of drug-likeness (QED) is 0.522. The predicted molar refractivity (Wildman–Crippen MR) is 114 cm³/mol. The van der Waals surface area contributed by atoms with Gasteiger partial charge in [0.15, 0.2) is 5.96 Å². The van der Waals surface area contributed by atoms with Crippen LogP contribution in [-0.4, -0.2) is 46.2 Å². The predicted octanol–water partition coefficient (Wildman–Crippen LogP) is 2.66. The number of guanidine groups is 1. The average Bonchev–Trinajstić information content (AvgIpc) is 2.64. The van der Waals surface area contributed by atoms with Gasteiger partial charge in [0, 0.05) is 27.2 Å². The second-order valence-electron chi connectivity index (χ2n) is 6.37. The van der Waals surface area contributed by atoms with Gasteiger partial charge in [0.25, 0.3) is 0 Å². The van der Waals surface area contributed by atoms with Gasteiger partial charge in [-0.3, -0.25) is 9.71 Å². The highest BCUT2D eigenvalue weighted by atomic mass is 32.2. The highest BCUT2D eigenvalue weighted by molar-refractivity contribution is 7.92. The minimum atomic E-state index is -3.34. The number of aliphatic imine (C=N–C) groups is 1. The number of anilines is 1. The van der Waals surface area contributed by atoms with Crippen LogP contribution in [0.3, 0.4) is 0 Å². The van der Waals surface area contributed by atoms with Crippen molar-refractivity contribution in [3.8, 4) is 5.75 Å². The average molecular weight is 405 g/mol. The Morgan fingerprint density at radius 2 is 1.82 bits per heavy atom. The second-order valence-corrected chi connectivity index (χ2v) is 8.11. The molecular formula is C20H28N4O3S. The maximum absolute atomic E-state index is 11.6. The maximum atomic E-state index is 11.6. The largest absolute Gasteiger partial charge is 0.494 e. The van der Waals surface area contributed by atoms with E-state index in [-0.39, 0.29) is 0 Å². The summed E-state index contributed by atoms with van der Waals surface area (Å²) in [5.41, 5.74) is 2.53. The molecule has 0 radical (unpaired) electrons. The van der Waals surface area contributed by atoms with E-state index in [1.165, 1.54) is 0 Å². The molecule has 0 saturated carbocycles. The number of benzene rings is 2. The topological polar surface area (TPSA) is 83.0 Å². The molecule has 8 heteroatoms. The third-order valence-corrected chi connectivity index (χ3v) is 4.57. The number of hydrogen-bond donors (Lipinski definition) is 2. The lowest BCUT2D eigenvalue weighted by Gasteiger charge is -2.23. The third-order valence-electron chi connectivity index (χ3n) is 3.98. The molecule has 0 aliphatic rings. The van der Waals surface area contributed by atoms with Crippen molar-refractivity contribution in [2.75, 3.05) is 31.7 Å². The fourth-order valence-corrected chi connectivity index (χ4v) is 3.34. The van der Waals surface area contributed by atoms with Crippen molar-refractivity contribution in [1.29, 1.82) is 0 Å². The van der Waals surface area contributed by atoms with E-state index in [1.54, 1.807) is 19.2 Å². The molecule has 0 spiro atoms. The first-order valence-corrected chi connectivity index (χ1v) is 10.9. The summed E-state index contributed by atoms with van der Waals surface area (Å²) in [6.45, 7) is 3.72.